The van der Waals surface area contributed by atoms with Crippen LogP contribution in [0.4, 0.5) is 0 Å². The number of rotatable bonds is 6. The Morgan fingerprint density at radius 2 is 2.24 bits per heavy atom. The van der Waals surface area contributed by atoms with E-state index in [1.807, 2.05) is 11.7 Å². The van der Waals surface area contributed by atoms with Crippen molar-refractivity contribution in [3.05, 3.63) is 15.9 Å². The summed E-state index contributed by atoms with van der Waals surface area (Å²) in [6.07, 6.45) is 8.10. The lowest BCUT2D eigenvalue weighted by Gasteiger charge is -2.14. The van der Waals surface area contributed by atoms with Gasteiger partial charge in [0.2, 0.25) is 0 Å². The van der Waals surface area contributed by atoms with E-state index in [0.29, 0.717) is 6.04 Å². The van der Waals surface area contributed by atoms with Gasteiger partial charge in [0.1, 0.15) is 0 Å². The van der Waals surface area contributed by atoms with Crippen molar-refractivity contribution in [1.29, 1.82) is 0 Å². The van der Waals surface area contributed by atoms with Gasteiger partial charge in [0.15, 0.2) is 0 Å². The molecule has 3 nitrogen and oxygen atoms in total. The lowest BCUT2D eigenvalue weighted by molar-refractivity contribution is 0.492. The molecule has 1 heterocycles. The molecule has 0 amide bonds. The molecule has 0 aromatic carbocycles. The van der Waals surface area contributed by atoms with E-state index in [9.17, 15) is 0 Å². The Balaban J connectivity index is 2.69. The van der Waals surface area contributed by atoms with Crippen LogP contribution in [0, 0.1) is 12.3 Å². The Labute approximate surface area is 112 Å². The highest BCUT2D eigenvalue weighted by Gasteiger charge is 2.13. The van der Waals surface area contributed by atoms with E-state index < -0.39 is 0 Å². The van der Waals surface area contributed by atoms with Crippen LogP contribution in [0.5, 0.6) is 0 Å². The van der Waals surface area contributed by atoms with Gasteiger partial charge in [0.05, 0.1) is 15.9 Å². The minimum Gasteiger partial charge on any atom is -0.307 e. The van der Waals surface area contributed by atoms with E-state index in [0.717, 1.165) is 36.0 Å². The Kier molecular flexibility index (Phi) is 5.73. The second-order valence-corrected chi connectivity index (χ2v) is 4.87. The van der Waals surface area contributed by atoms with E-state index in [1.165, 1.54) is 5.69 Å². The van der Waals surface area contributed by atoms with Crippen molar-refractivity contribution in [2.75, 3.05) is 0 Å². The third kappa shape index (κ3) is 3.58. The summed E-state index contributed by atoms with van der Waals surface area (Å²) in [6, 6.07) is 0.381. The fourth-order valence-corrected chi connectivity index (χ4v) is 2.51. The third-order valence-electron chi connectivity index (χ3n) is 2.92. The first-order valence-corrected chi connectivity index (χ1v) is 6.80. The highest BCUT2D eigenvalue weighted by atomic mass is 79.9. The SMILES string of the molecule is C#CCC(CC)NCc1c(Br)c(CC)nn1C. The van der Waals surface area contributed by atoms with Crippen LogP contribution >= 0.6 is 15.9 Å². The van der Waals surface area contributed by atoms with Crippen LogP contribution in [-0.4, -0.2) is 15.8 Å². The number of hydrogen-bond acceptors (Lipinski definition) is 2. The van der Waals surface area contributed by atoms with E-state index in [-0.39, 0.29) is 0 Å². The standard InChI is InChI=1S/C13H20BrN3/c1-5-8-10(6-2)15-9-12-13(14)11(7-3)16-17(12)4/h1,10,15H,6-9H2,2-4H3. The molecule has 0 aliphatic carbocycles. The van der Waals surface area contributed by atoms with Crippen LogP contribution in [0.2, 0.25) is 0 Å². The van der Waals surface area contributed by atoms with Gasteiger partial charge in [0.25, 0.3) is 0 Å². The summed E-state index contributed by atoms with van der Waals surface area (Å²) in [5, 5.41) is 7.94. The largest absolute Gasteiger partial charge is 0.307 e. The molecule has 1 unspecified atom stereocenters. The van der Waals surface area contributed by atoms with Crippen LogP contribution < -0.4 is 5.32 Å². The van der Waals surface area contributed by atoms with Crippen molar-refractivity contribution in [2.24, 2.45) is 7.05 Å². The van der Waals surface area contributed by atoms with Gasteiger partial charge in [0, 0.05) is 26.1 Å². The zero-order valence-electron chi connectivity index (χ0n) is 10.8. The summed E-state index contributed by atoms with van der Waals surface area (Å²) in [5.74, 6) is 2.70. The fraction of sp³-hybridized carbons (Fsp3) is 0.615. The molecule has 17 heavy (non-hydrogen) atoms. The highest BCUT2D eigenvalue weighted by molar-refractivity contribution is 9.10. The van der Waals surface area contributed by atoms with Crippen molar-refractivity contribution in [3.8, 4) is 12.3 Å². The highest BCUT2D eigenvalue weighted by Crippen LogP contribution is 2.21. The summed E-state index contributed by atoms with van der Waals surface area (Å²) in [4.78, 5) is 0. The van der Waals surface area contributed by atoms with Gasteiger partial charge in [-0.05, 0) is 28.8 Å². The van der Waals surface area contributed by atoms with E-state index in [4.69, 9.17) is 6.42 Å². The lowest BCUT2D eigenvalue weighted by atomic mass is 10.1. The zero-order chi connectivity index (χ0) is 12.8. The summed E-state index contributed by atoms with van der Waals surface area (Å²) < 4.78 is 3.05. The van der Waals surface area contributed by atoms with Gasteiger partial charge in [-0.2, -0.15) is 5.10 Å². The minimum absolute atomic E-state index is 0.381. The molecule has 0 aliphatic rings. The predicted octanol–water partition coefficient (Wildman–Crippen LogP) is 2.64. The lowest BCUT2D eigenvalue weighted by Crippen LogP contribution is -2.28. The number of nitrogens with one attached hydrogen (secondary N) is 1. The molecule has 1 atom stereocenters. The molecule has 0 aliphatic heterocycles. The second kappa shape index (κ2) is 6.83. The first kappa shape index (κ1) is 14.3. The predicted molar refractivity (Wildman–Crippen MR) is 74.7 cm³/mol. The maximum Gasteiger partial charge on any atom is 0.0767 e. The van der Waals surface area contributed by atoms with Crippen molar-refractivity contribution in [1.82, 2.24) is 15.1 Å². The van der Waals surface area contributed by atoms with Crippen molar-refractivity contribution >= 4 is 15.9 Å². The quantitative estimate of drug-likeness (QED) is 0.818. The first-order chi connectivity index (χ1) is 8.13. The maximum absolute atomic E-state index is 5.34. The molecule has 1 N–H and O–H groups in total. The Morgan fingerprint density at radius 3 is 2.71 bits per heavy atom. The van der Waals surface area contributed by atoms with E-state index >= 15 is 0 Å². The fourth-order valence-electron chi connectivity index (χ4n) is 1.76. The van der Waals surface area contributed by atoms with Crippen LogP contribution in [0.3, 0.4) is 0 Å². The van der Waals surface area contributed by atoms with Crippen LogP contribution in [0.25, 0.3) is 0 Å². The molecule has 4 heteroatoms. The summed E-state index contributed by atoms with van der Waals surface area (Å²) in [7, 11) is 1.98. The number of aryl methyl sites for hydroxylation is 2. The molecule has 94 valence electrons. The smallest absolute Gasteiger partial charge is 0.0767 e. The Hall–Kier alpha value is -0.790. The normalized spacial score (nSPS) is 12.4. The van der Waals surface area contributed by atoms with E-state index in [1.54, 1.807) is 0 Å². The van der Waals surface area contributed by atoms with Crippen LogP contribution in [-0.2, 0) is 20.0 Å². The Bertz CT molecular complexity index is 404. The second-order valence-electron chi connectivity index (χ2n) is 4.08. The van der Waals surface area contributed by atoms with Crippen LogP contribution in [0.1, 0.15) is 38.1 Å². The monoisotopic (exact) mass is 297 g/mol. The number of halogens is 1. The molecule has 0 spiro atoms. The molecule has 1 rings (SSSR count). The van der Waals surface area contributed by atoms with Gasteiger partial charge in [-0.25, -0.2) is 0 Å². The van der Waals surface area contributed by atoms with Gasteiger partial charge < -0.3 is 5.32 Å². The maximum atomic E-state index is 5.34. The van der Waals surface area contributed by atoms with Gasteiger partial charge in [-0.15, -0.1) is 12.3 Å². The van der Waals surface area contributed by atoms with Gasteiger partial charge in [-0.1, -0.05) is 13.8 Å². The first-order valence-electron chi connectivity index (χ1n) is 6.01. The molecule has 0 saturated carbocycles. The van der Waals surface area contributed by atoms with Gasteiger partial charge in [-0.3, -0.25) is 4.68 Å². The number of terminal acetylenes is 1. The number of aromatic nitrogens is 2. The molecule has 0 fully saturated rings. The van der Waals surface area contributed by atoms with E-state index in [2.05, 4.69) is 46.1 Å². The summed E-state index contributed by atoms with van der Waals surface area (Å²) >= 11 is 3.61. The summed E-state index contributed by atoms with van der Waals surface area (Å²) in [6.45, 7) is 5.05. The topological polar surface area (TPSA) is 29.9 Å². The average Bonchev–Trinajstić information content (AvgIpc) is 2.60. The van der Waals surface area contributed by atoms with Gasteiger partial charge >= 0.3 is 0 Å². The molecule has 1 aromatic rings. The number of hydrogen-bond donors (Lipinski definition) is 1. The molecule has 0 radical (unpaired) electrons. The molecular weight excluding hydrogens is 278 g/mol. The number of nitrogens with zero attached hydrogens (tertiary/aromatic N) is 2. The minimum atomic E-state index is 0.381. The Morgan fingerprint density at radius 1 is 1.53 bits per heavy atom. The van der Waals surface area contributed by atoms with Crippen LogP contribution in [0.15, 0.2) is 4.47 Å². The third-order valence-corrected chi connectivity index (χ3v) is 3.83. The molecule has 0 saturated heterocycles. The van der Waals surface area contributed by atoms with Crippen molar-refractivity contribution < 1.29 is 0 Å². The van der Waals surface area contributed by atoms with Crippen molar-refractivity contribution in [2.45, 2.75) is 45.7 Å². The molecular formula is C13H20BrN3. The zero-order valence-corrected chi connectivity index (χ0v) is 12.3. The average molecular weight is 298 g/mol. The summed E-state index contributed by atoms with van der Waals surface area (Å²) in [5.41, 5.74) is 2.28. The molecule has 0 bridgehead atoms. The molecule has 1 aromatic heterocycles. The van der Waals surface area contributed by atoms with Crippen molar-refractivity contribution in [3.63, 3.8) is 0 Å².